The van der Waals surface area contributed by atoms with Crippen molar-refractivity contribution in [1.29, 1.82) is 0 Å². The maximum absolute atomic E-state index is 13.3. The van der Waals surface area contributed by atoms with E-state index in [1.54, 1.807) is 0 Å². The zero-order valence-electron chi connectivity index (χ0n) is 14.8. The number of hydrogen-bond acceptors (Lipinski definition) is 7. The monoisotopic (exact) mass is 422 g/mol. The Kier molecular flexibility index (Phi) is 6.98. The molecule has 2 fully saturated rings. The molecule has 3 atom stereocenters. The fourth-order valence-corrected chi connectivity index (χ4v) is 2.96. The highest BCUT2D eigenvalue weighted by Gasteiger charge is 2.50. The number of piperazine rings is 2. The fourth-order valence-electron chi connectivity index (χ4n) is 2.96. The number of esters is 1. The lowest BCUT2D eigenvalue weighted by molar-refractivity contribution is -0.216. The van der Waals surface area contributed by atoms with Gasteiger partial charge in [-0.15, -0.1) is 0 Å². The zero-order chi connectivity index (χ0) is 21.1. The molecule has 0 aliphatic carbocycles. The number of amides is 1. The first kappa shape index (κ1) is 22.5. The number of alkyl halides is 6. The number of ether oxygens (including phenoxy) is 2. The predicted molar refractivity (Wildman–Crippen MR) is 81.1 cm³/mol. The Balaban J connectivity index is 2.15. The van der Waals surface area contributed by atoms with Crippen LogP contribution in [0.3, 0.4) is 0 Å². The Morgan fingerprint density at radius 1 is 1.07 bits per heavy atom. The van der Waals surface area contributed by atoms with Crippen LogP contribution in [0.5, 0.6) is 0 Å². The minimum Gasteiger partial charge on any atom is -0.465 e. The van der Waals surface area contributed by atoms with Gasteiger partial charge in [-0.25, -0.2) is 14.5 Å². The molecular formula is C14H20F6N4O4. The van der Waals surface area contributed by atoms with Gasteiger partial charge in [0.05, 0.1) is 7.11 Å². The highest BCUT2D eigenvalue weighted by atomic mass is 19.4. The third-order valence-corrected chi connectivity index (χ3v) is 4.41. The van der Waals surface area contributed by atoms with Gasteiger partial charge < -0.3 is 25.0 Å². The van der Waals surface area contributed by atoms with Gasteiger partial charge >= 0.3 is 24.4 Å². The Morgan fingerprint density at radius 3 is 2.32 bits per heavy atom. The third-order valence-electron chi connectivity index (χ3n) is 4.41. The van der Waals surface area contributed by atoms with Crippen molar-refractivity contribution in [2.45, 2.75) is 30.7 Å². The van der Waals surface area contributed by atoms with E-state index in [-0.39, 0.29) is 26.2 Å². The molecule has 0 aromatic carbocycles. The molecule has 1 amide bonds. The molecule has 0 radical (unpaired) electrons. The number of rotatable bonds is 3. The van der Waals surface area contributed by atoms with E-state index in [2.05, 4.69) is 15.4 Å². The second-order valence-corrected chi connectivity index (χ2v) is 6.25. The van der Waals surface area contributed by atoms with Crippen LogP contribution in [-0.2, 0) is 14.3 Å². The minimum atomic E-state index is -4.73. The van der Waals surface area contributed by atoms with Crippen molar-refractivity contribution < 1.29 is 45.4 Å². The van der Waals surface area contributed by atoms with Gasteiger partial charge in [0, 0.05) is 39.3 Å². The van der Waals surface area contributed by atoms with Crippen molar-refractivity contribution >= 4 is 12.1 Å². The molecule has 28 heavy (non-hydrogen) atoms. The van der Waals surface area contributed by atoms with Gasteiger partial charge in [0.15, 0.2) is 0 Å². The summed E-state index contributed by atoms with van der Waals surface area (Å²) < 4.78 is 87.7. The summed E-state index contributed by atoms with van der Waals surface area (Å²) in [6.07, 6.45) is -12.7. The Labute approximate surface area is 156 Å². The van der Waals surface area contributed by atoms with Gasteiger partial charge in [0.1, 0.15) is 12.1 Å². The van der Waals surface area contributed by atoms with Crippen LogP contribution in [0.15, 0.2) is 0 Å². The lowest BCUT2D eigenvalue weighted by Gasteiger charge is -2.41. The molecule has 0 bridgehead atoms. The number of nitrogens with one attached hydrogen (secondary N) is 2. The standard InChI is InChI=1S/C14H20F6N4O4/c1-27-11(25)10(24-5-2-21-6-9(24)14(18,19)20)28-12(26)23-4-3-22-8(7-23)13(15,16)17/h8-10,21-22H,2-7H2,1H3/t8-,9-,10-/m1/s1. The Hall–Kier alpha value is -1.80. The smallest absolute Gasteiger partial charge is 0.411 e. The topological polar surface area (TPSA) is 83.1 Å². The normalized spacial score (nSPS) is 25.9. The first-order chi connectivity index (χ1) is 12.9. The third kappa shape index (κ3) is 5.38. The van der Waals surface area contributed by atoms with Gasteiger partial charge in [-0.1, -0.05) is 0 Å². The molecule has 8 nitrogen and oxygen atoms in total. The van der Waals surface area contributed by atoms with Crippen LogP contribution >= 0.6 is 0 Å². The van der Waals surface area contributed by atoms with Crippen molar-refractivity contribution in [3.63, 3.8) is 0 Å². The molecule has 0 spiro atoms. The maximum Gasteiger partial charge on any atom is 0.411 e. The molecule has 0 unspecified atom stereocenters. The van der Waals surface area contributed by atoms with Crippen LogP contribution in [0.1, 0.15) is 0 Å². The number of methoxy groups -OCH3 is 1. The van der Waals surface area contributed by atoms with Crippen molar-refractivity contribution in [3.05, 3.63) is 0 Å². The van der Waals surface area contributed by atoms with Gasteiger partial charge in [-0.2, -0.15) is 26.3 Å². The average Bonchev–Trinajstić information content (AvgIpc) is 2.64. The first-order valence-corrected chi connectivity index (χ1v) is 8.31. The van der Waals surface area contributed by atoms with Crippen LogP contribution in [0.4, 0.5) is 31.1 Å². The number of carbonyl (C=O) groups excluding carboxylic acids is 2. The van der Waals surface area contributed by atoms with Gasteiger partial charge in [0.2, 0.25) is 0 Å². The zero-order valence-corrected chi connectivity index (χ0v) is 14.8. The maximum atomic E-state index is 13.3. The molecule has 14 heteroatoms. The molecule has 162 valence electrons. The second-order valence-electron chi connectivity index (χ2n) is 6.25. The molecule has 2 saturated heterocycles. The van der Waals surface area contributed by atoms with Crippen LogP contribution in [-0.4, -0.2) is 98.9 Å². The van der Waals surface area contributed by atoms with E-state index in [1.165, 1.54) is 0 Å². The van der Waals surface area contributed by atoms with E-state index in [4.69, 9.17) is 4.74 Å². The number of carbonyl (C=O) groups is 2. The van der Waals surface area contributed by atoms with E-state index >= 15 is 0 Å². The molecule has 2 aliphatic heterocycles. The van der Waals surface area contributed by atoms with Gasteiger partial charge in [-0.05, 0) is 0 Å². The van der Waals surface area contributed by atoms with Crippen molar-refractivity contribution in [2.75, 3.05) is 46.4 Å². The predicted octanol–water partition coefficient (Wildman–Crippen LogP) is 0.294. The van der Waals surface area contributed by atoms with Gasteiger partial charge in [0.25, 0.3) is 6.23 Å². The van der Waals surface area contributed by atoms with Crippen molar-refractivity contribution in [1.82, 2.24) is 20.4 Å². The van der Waals surface area contributed by atoms with Crippen LogP contribution in [0.25, 0.3) is 0 Å². The van der Waals surface area contributed by atoms with E-state index in [1.807, 2.05) is 0 Å². The average molecular weight is 422 g/mol. The summed E-state index contributed by atoms with van der Waals surface area (Å²) in [7, 11) is 0.901. The second kappa shape index (κ2) is 8.69. The summed E-state index contributed by atoms with van der Waals surface area (Å²) in [5.41, 5.74) is 0. The molecule has 2 N–H and O–H groups in total. The molecule has 2 aliphatic rings. The summed E-state index contributed by atoms with van der Waals surface area (Å²) in [6, 6.07) is -4.14. The molecule has 0 aromatic rings. The van der Waals surface area contributed by atoms with E-state index in [9.17, 15) is 35.9 Å². The summed E-state index contributed by atoms with van der Waals surface area (Å²) in [5.74, 6) is -1.26. The lowest BCUT2D eigenvalue weighted by atomic mass is 10.1. The van der Waals surface area contributed by atoms with Crippen LogP contribution in [0.2, 0.25) is 0 Å². The van der Waals surface area contributed by atoms with E-state index in [0.29, 0.717) is 9.80 Å². The Morgan fingerprint density at radius 2 is 1.75 bits per heavy atom. The van der Waals surface area contributed by atoms with Crippen LogP contribution < -0.4 is 10.6 Å². The van der Waals surface area contributed by atoms with Gasteiger partial charge in [-0.3, -0.25) is 0 Å². The number of hydrogen-bond donors (Lipinski definition) is 2. The highest BCUT2D eigenvalue weighted by molar-refractivity contribution is 5.78. The fraction of sp³-hybridized carbons (Fsp3) is 0.857. The lowest BCUT2D eigenvalue weighted by Crippen LogP contribution is -2.64. The molecule has 2 rings (SSSR count). The molecule has 0 saturated carbocycles. The van der Waals surface area contributed by atoms with E-state index in [0.717, 1.165) is 7.11 Å². The van der Waals surface area contributed by atoms with Crippen LogP contribution in [0, 0.1) is 0 Å². The summed E-state index contributed by atoms with van der Waals surface area (Å²) >= 11 is 0. The SMILES string of the molecule is COC(=O)[C@@H](OC(=O)N1CCN[C@@H](C(F)(F)F)C1)N1CCNC[C@@H]1C(F)(F)F. The summed E-state index contributed by atoms with van der Waals surface area (Å²) in [5, 5.41) is 4.71. The van der Waals surface area contributed by atoms with E-state index < -0.39 is 55.8 Å². The Bertz CT molecular complexity index is 573. The summed E-state index contributed by atoms with van der Waals surface area (Å²) in [4.78, 5) is 25.6. The molecular weight excluding hydrogens is 402 g/mol. The number of halogens is 6. The number of nitrogens with zero attached hydrogens (tertiary/aromatic N) is 2. The first-order valence-electron chi connectivity index (χ1n) is 8.31. The summed E-state index contributed by atoms with van der Waals surface area (Å²) in [6.45, 7) is -1.89. The van der Waals surface area contributed by atoms with Crippen molar-refractivity contribution in [3.8, 4) is 0 Å². The minimum absolute atomic E-state index is 0.0847. The largest absolute Gasteiger partial charge is 0.465 e. The van der Waals surface area contributed by atoms with Crippen molar-refractivity contribution in [2.24, 2.45) is 0 Å². The molecule has 2 heterocycles. The molecule has 0 aromatic heterocycles. The quantitative estimate of drug-likeness (QED) is 0.500. The highest BCUT2D eigenvalue weighted by Crippen LogP contribution is 2.28.